The number of aliphatic imine (C=N–C) groups is 1. The highest BCUT2D eigenvalue weighted by Crippen LogP contribution is 2.23. The van der Waals surface area contributed by atoms with Crippen molar-refractivity contribution in [2.75, 3.05) is 20.1 Å². The molecule has 1 unspecified atom stereocenters. The Balaban J connectivity index is 0.00000300. The zero-order valence-electron chi connectivity index (χ0n) is 16.8. The van der Waals surface area contributed by atoms with E-state index >= 15 is 0 Å². The molecule has 1 fully saturated rings. The molecule has 0 saturated carbocycles. The smallest absolute Gasteiger partial charge is 0.243 e. The number of thiophene rings is 1. The number of nitrogens with one attached hydrogen (secondary N) is 2. The van der Waals surface area contributed by atoms with Crippen LogP contribution in [0.25, 0.3) is 0 Å². The monoisotopic (exact) mass is 548 g/mol. The van der Waals surface area contributed by atoms with Crippen LogP contribution in [0.4, 0.5) is 0 Å². The summed E-state index contributed by atoms with van der Waals surface area (Å²) >= 11 is 1.67. The number of rotatable bonds is 6. The Morgan fingerprint density at radius 1 is 1.17 bits per heavy atom. The standard InChI is InChI=1S/C20H28N4O2S2.HI/c1-16-4-3-10-24(14-16)28(25,26)19-7-5-17(6-8-19)12-22-20(21-2)23-13-18-9-11-27-15-18;/h5-9,11,15-16H,3-4,10,12-14H2,1-2H3,(H2,21,22,23);1H. The molecule has 6 nitrogen and oxygen atoms in total. The number of hydrogen-bond acceptors (Lipinski definition) is 4. The largest absolute Gasteiger partial charge is 0.352 e. The molecular weight excluding hydrogens is 519 g/mol. The van der Waals surface area contributed by atoms with Gasteiger partial charge in [0.05, 0.1) is 4.90 Å². The molecule has 0 spiro atoms. The Labute approximate surface area is 194 Å². The third-order valence-electron chi connectivity index (χ3n) is 4.90. The molecule has 0 bridgehead atoms. The van der Waals surface area contributed by atoms with Gasteiger partial charge in [0.2, 0.25) is 10.0 Å². The van der Waals surface area contributed by atoms with Crippen molar-refractivity contribution < 1.29 is 8.42 Å². The SMILES string of the molecule is CN=C(NCc1ccc(S(=O)(=O)N2CCCC(C)C2)cc1)NCc1ccsc1.I. The van der Waals surface area contributed by atoms with Gasteiger partial charge >= 0.3 is 0 Å². The molecular formula is C20H29IN4O2S2. The second-order valence-electron chi connectivity index (χ2n) is 7.17. The van der Waals surface area contributed by atoms with Crippen LogP contribution < -0.4 is 10.6 Å². The lowest BCUT2D eigenvalue weighted by Gasteiger charge is -2.30. The Bertz CT molecular complexity index is 884. The van der Waals surface area contributed by atoms with Gasteiger partial charge in [-0.05, 0) is 58.8 Å². The fourth-order valence-corrected chi connectivity index (χ4v) is 5.55. The highest BCUT2D eigenvalue weighted by atomic mass is 127. The zero-order valence-corrected chi connectivity index (χ0v) is 20.8. The van der Waals surface area contributed by atoms with Crippen LogP contribution in [0.2, 0.25) is 0 Å². The van der Waals surface area contributed by atoms with Gasteiger partial charge in [-0.2, -0.15) is 15.6 Å². The molecule has 1 atom stereocenters. The van der Waals surface area contributed by atoms with Crippen molar-refractivity contribution in [3.8, 4) is 0 Å². The average molecular weight is 549 g/mol. The molecule has 1 aromatic heterocycles. The minimum atomic E-state index is -3.40. The van der Waals surface area contributed by atoms with Crippen molar-refractivity contribution in [1.82, 2.24) is 14.9 Å². The van der Waals surface area contributed by atoms with Crippen LogP contribution in [0.1, 0.15) is 30.9 Å². The van der Waals surface area contributed by atoms with Crippen molar-refractivity contribution in [3.63, 3.8) is 0 Å². The number of sulfonamides is 1. The van der Waals surface area contributed by atoms with Crippen LogP contribution >= 0.6 is 35.3 Å². The molecule has 2 N–H and O–H groups in total. The van der Waals surface area contributed by atoms with E-state index in [1.165, 1.54) is 5.56 Å². The molecule has 1 aliphatic rings. The van der Waals surface area contributed by atoms with Gasteiger partial charge in [-0.1, -0.05) is 19.1 Å². The van der Waals surface area contributed by atoms with Crippen LogP contribution in [-0.4, -0.2) is 38.8 Å². The van der Waals surface area contributed by atoms with E-state index in [0.717, 1.165) is 18.4 Å². The first-order valence-corrected chi connectivity index (χ1v) is 11.9. The molecule has 0 aliphatic carbocycles. The van der Waals surface area contributed by atoms with E-state index in [1.54, 1.807) is 34.8 Å². The Morgan fingerprint density at radius 2 is 1.86 bits per heavy atom. The van der Waals surface area contributed by atoms with Crippen molar-refractivity contribution in [2.45, 2.75) is 37.8 Å². The van der Waals surface area contributed by atoms with E-state index in [9.17, 15) is 8.42 Å². The van der Waals surface area contributed by atoms with E-state index < -0.39 is 10.0 Å². The number of halogens is 1. The molecule has 2 heterocycles. The molecule has 160 valence electrons. The summed E-state index contributed by atoms with van der Waals surface area (Å²) in [6, 6.07) is 9.20. The fourth-order valence-electron chi connectivity index (χ4n) is 3.28. The number of guanidine groups is 1. The molecule has 2 aromatic rings. The topological polar surface area (TPSA) is 73.8 Å². The van der Waals surface area contributed by atoms with Crippen molar-refractivity contribution in [2.24, 2.45) is 10.9 Å². The minimum Gasteiger partial charge on any atom is -0.352 e. The minimum absolute atomic E-state index is 0. The molecule has 9 heteroatoms. The van der Waals surface area contributed by atoms with E-state index in [0.29, 0.717) is 43.0 Å². The number of hydrogen-bond donors (Lipinski definition) is 2. The van der Waals surface area contributed by atoms with Crippen LogP contribution in [0, 0.1) is 5.92 Å². The summed E-state index contributed by atoms with van der Waals surface area (Å²) in [6.07, 6.45) is 2.03. The predicted molar refractivity (Wildman–Crippen MR) is 130 cm³/mol. The third-order valence-corrected chi connectivity index (χ3v) is 7.52. The quantitative estimate of drug-likeness (QED) is 0.329. The predicted octanol–water partition coefficient (Wildman–Crippen LogP) is 3.65. The van der Waals surface area contributed by atoms with Crippen molar-refractivity contribution >= 4 is 51.3 Å². The molecule has 1 saturated heterocycles. The van der Waals surface area contributed by atoms with Crippen LogP contribution in [-0.2, 0) is 23.1 Å². The first-order valence-electron chi connectivity index (χ1n) is 9.53. The summed E-state index contributed by atoms with van der Waals surface area (Å²) in [5.74, 6) is 1.13. The van der Waals surface area contributed by atoms with Gasteiger partial charge in [-0.25, -0.2) is 8.42 Å². The van der Waals surface area contributed by atoms with Gasteiger partial charge in [0.1, 0.15) is 0 Å². The summed E-state index contributed by atoms with van der Waals surface area (Å²) < 4.78 is 27.3. The maximum Gasteiger partial charge on any atom is 0.243 e. The highest BCUT2D eigenvalue weighted by Gasteiger charge is 2.28. The van der Waals surface area contributed by atoms with Gasteiger partial charge in [0.25, 0.3) is 0 Å². The average Bonchev–Trinajstić information content (AvgIpc) is 3.22. The Morgan fingerprint density at radius 3 is 2.45 bits per heavy atom. The molecule has 0 radical (unpaired) electrons. The molecule has 1 aromatic carbocycles. The van der Waals surface area contributed by atoms with E-state index in [1.807, 2.05) is 17.5 Å². The van der Waals surface area contributed by atoms with Gasteiger partial charge in [0, 0.05) is 33.2 Å². The van der Waals surface area contributed by atoms with Crippen molar-refractivity contribution in [1.29, 1.82) is 0 Å². The maximum absolute atomic E-state index is 12.8. The molecule has 3 rings (SSSR count). The number of piperidine rings is 1. The first kappa shape index (κ1) is 24.1. The maximum atomic E-state index is 12.8. The van der Waals surface area contributed by atoms with Crippen LogP contribution in [0.3, 0.4) is 0 Å². The normalized spacial score (nSPS) is 18.1. The van der Waals surface area contributed by atoms with E-state index in [-0.39, 0.29) is 24.0 Å². The summed E-state index contributed by atoms with van der Waals surface area (Å²) in [7, 11) is -1.67. The van der Waals surface area contributed by atoms with E-state index in [4.69, 9.17) is 0 Å². The van der Waals surface area contributed by atoms with Gasteiger partial charge < -0.3 is 10.6 Å². The van der Waals surface area contributed by atoms with E-state index in [2.05, 4.69) is 34.0 Å². The fraction of sp³-hybridized carbons (Fsp3) is 0.450. The van der Waals surface area contributed by atoms with Crippen LogP contribution in [0.15, 0.2) is 51.0 Å². The second kappa shape index (κ2) is 11.3. The van der Waals surface area contributed by atoms with Crippen molar-refractivity contribution in [3.05, 3.63) is 52.2 Å². The molecule has 0 amide bonds. The lowest BCUT2D eigenvalue weighted by Crippen LogP contribution is -2.39. The lowest BCUT2D eigenvalue weighted by molar-refractivity contribution is 0.281. The third kappa shape index (κ3) is 6.66. The van der Waals surface area contributed by atoms with Crippen LogP contribution in [0.5, 0.6) is 0 Å². The second-order valence-corrected chi connectivity index (χ2v) is 9.88. The summed E-state index contributed by atoms with van der Waals surface area (Å²) in [5.41, 5.74) is 2.22. The lowest BCUT2D eigenvalue weighted by atomic mass is 10.0. The highest BCUT2D eigenvalue weighted by molar-refractivity contribution is 14.0. The number of benzene rings is 1. The van der Waals surface area contributed by atoms with Gasteiger partial charge in [0.15, 0.2) is 5.96 Å². The first-order chi connectivity index (χ1) is 13.5. The van der Waals surface area contributed by atoms with Gasteiger partial charge in [-0.15, -0.1) is 24.0 Å². The van der Waals surface area contributed by atoms with Gasteiger partial charge in [-0.3, -0.25) is 4.99 Å². The molecule has 29 heavy (non-hydrogen) atoms. The Kier molecular flexibility index (Phi) is 9.38. The molecule has 1 aliphatic heterocycles. The zero-order chi connectivity index (χ0) is 20.0. The number of nitrogens with zero attached hydrogens (tertiary/aromatic N) is 2. The summed E-state index contributed by atoms with van der Waals surface area (Å²) in [6.45, 7) is 4.62. The summed E-state index contributed by atoms with van der Waals surface area (Å²) in [4.78, 5) is 4.59. The summed E-state index contributed by atoms with van der Waals surface area (Å²) in [5, 5.41) is 10.7. The Hall–Kier alpha value is -1.17.